The van der Waals surface area contributed by atoms with Gasteiger partial charge in [0, 0.05) is 42.0 Å². The SMILES string of the molecule is COc1cc(C)ccc1CN1CCO[C@@H](c2c(C(=O)NCCO)sc3ccccc23)C1. The molecular weight excluding hydrogens is 412 g/mol. The van der Waals surface area contributed by atoms with Gasteiger partial charge in [-0.1, -0.05) is 30.3 Å². The second kappa shape index (κ2) is 9.78. The van der Waals surface area contributed by atoms with E-state index in [-0.39, 0.29) is 25.2 Å². The second-order valence-corrected chi connectivity index (χ2v) is 8.78. The minimum absolute atomic E-state index is 0.0853. The maximum Gasteiger partial charge on any atom is 0.261 e. The van der Waals surface area contributed by atoms with Gasteiger partial charge in [-0.25, -0.2) is 0 Å². The van der Waals surface area contributed by atoms with Crippen LogP contribution in [0.5, 0.6) is 5.75 Å². The summed E-state index contributed by atoms with van der Waals surface area (Å²) in [6.07, 6.45) is -0.198. The van der Waals surface area contributed by atoms with Gasteiger partial charge in [-0.2, -0.15) is 0 Å². The van der Waals surface area contributed by atoms with Crippen molar-refractivity contribution in [2.75, 3.05) is 40.0 Å². The van der Waals surface area contributed by atoms with Crippen LogP contribution in [0.25, 0.3) is 10.1 Å². The topological polar surface area (TPSA) is 71.0 Å². The molecule has 1 saturated heterocycles. The first-order valence-electron chi connectivity index (χ1n) is 10.5. The molecule has 0 bridgehead atoms. The van der Waals surface area contributed by atoms with Gasteiger partial charge >= 0.3 is 0 Å². The number of rotatable bonds is 7. The van der Waals surface area contributed by atoms with Gasteiger partial charge in [0.05, 0.1) is 31.3 Å². The number of nitrogens with zero attached hydrogens (tertiary/aromatic N) is 1. The van der Waals surface area contributed by atoms with Crippen molar-refractivity contribution in [2.45, 2.75) is 19.6 Å². The molecular formula is C24H28N2O4S. The number of aliphatic hydroxyl groups excluding tert-OH is 1. The predicted molar refractivity (Wildman–Crippen MR) is 123 cm³/mol. The zero-order valence-corrected chi connectivity index (χ0v) is 18.7. The molecule has 2 N–H and O–H groups in total. The van der Waals surface area contributed by atoms with Gasteiger partial charge < -0.3 is 19.9 Å². The van der Waals surface area contributed by atoms with Gasteiger partial charge in [0.25, 0.3) is 5.91 Å². The molecule has 0 saturated carbocycles. The van der Waals surface area contributed by atoms with Gasteiger partial charge in [-0.15, -0.1) is 11.3 Å². The molecule has 6 nitrogen and oxygen atoms in total. The molecule has 3 aromatic rings. The molecule has 2 aromatic carbocycles. The molecule has 1 amide bonds. The van der Waals surface area contributed by atoms with E-state index in [0.29, 0.717) is 18.0 Å². The number of hydrogen-bond acceptors (Lipinski definition) is 6. The average molecular weight is 441 g/mol. The Balaban J connectivity index is 1.61. The van der Waals surface area contributed by atoms with Crippen LogP contribution in [0.3, 0.4) is 0 Å². The van der Waals surface area contributed by atoms with Crippen LogP contribution in [0.4, 0.5) is 0 Å². The molecule has 1 aliphatic heterocycles. The van der Waals surface area contributed by atoms with E-state index >= 15 is 0 Å². The van der Waals surface area contributed by atoms with Crippen LogP contribution in [0, 0.1) is 6.92 Å². The Kier molecular flexibility index (Phi) is 6.87. The van der Waals surface area contributed by atoms with E-state index < -0.39 is 0 Å². The van der Waals surface area contributed by atoms with Crippen LogP contribution in [-0.4, -0.2) is 55.9 Å². The standard InChI is InChI=1S/C24H28N2O4S/c1-16-7-8-17(19(13-16)29-2)14-26-10-12-30-20(15-26)22-18-5-3-4-6-21(18)31-23(22)24(28)25-9-11-27/h3-8,13,20,27H,9-12,14-15H2,1-2H3,(H,25,28)/t20-/m1/s1. The number of ether oxygens (including phenoxy) is 2. The number of carbonyl (C=O) groups is 1. The van der Waals surface area contributed by atoms with Crippen molar-refractivity contribution < 1.29 is 19.4 Å². The fraction of sp³-hybridized carbons (Fsp3) is 0.375. The molecule has 4 rings (SSSR count). The number of amides is 1. The van der Waals surface area contributed by atoms with Gasteiger partial charge in [0.15, 0.2) is 0 Å². The molecule has 164 valence electrons. The maximum absolute atomic E-state index is 12.8. The molecule has 7 heteroatoms. The zero-order valence-electron chi connectivity index (χ0n) is 17.9. The van der Waals surface area contributed by atoms with Crippen molar-refractivity contribution in [1.29, 1.82) is 0 Å². The first-order valence-corrected chi connectivity index (χ1v) is 11.3. The highest BCUT2D eigenvalue weighted by molar-refractivity contribution is 7.21. The van der Waals surface area contributed by atoms with E-state index in [9.17, 15) is 4.79 Å². The summed E-state index contributed by atoms with van der Waals surface area (Å²) in [5.74, 6) is 0.735. The molecule has 2 heterocycles. The summed E-state index contributed by atoms with van der Waals surface area (Å²) in [6.45, 7) is 5.08. The molecule has 31 heavy (non-hydrogen) atoms. The molecule has 0 radical (unpaired) electrons. The highest BCUT2D eigenvalue weighted by Crippen LogP contribution is 2.38. The normalized spacial score (nSPS) is 17.1. The van der Waals surface area contributed by atoms with Crippen molar-refractivity contribution >= 4 is 27.3 Å². The van der Waals surface area contributed by atoms with Crippen molar-refractivity contribution in [3.63, 3.8) is 0 Å². The summed E-state index contributed by atoms with van der Waals surface area (Å²) in [4.78, 5) is 15.8. The number of benzene rings is 2. The fourth-order valence-electron chi connectivity index (χ4n) is 4.05. The fourth-order valence-corrected chi connectivity index (χ4v) is 5.22. The van der Waals surface area contributed by atoms with E-state index in [1.807, 2.05) is 18.2 Å². The van der Waals surface area contributed by atoms with Crippen LogP contribution in [0.2, 0.25) is 0 Å². The minimum atomic E-state index is -0.198. The average Bonchev–Trinajstić information content (AvgIpc) is 3.18. The third-order valence-corrected chi connectivity index (χ3v) is 6.73. The minimum Gasteiger partial charge on any atom is -0.496 e. The highest BCUT2D eigenvalue weighted by atomic mass is 32.1. The van der Waals surface area contributed by atoms with Crippen LogP contribution in [0.15, 0.2) is 42.5 Å². The van der Waals surface area contributed by atoms with Crippen molar-refractivity contribution in [1.82, 2.24) is 10.2 Å². The van der Waals surface area contributed by atoms with Gasteiger partial charge in [0.1, 0.15) is 5.75 Å². The Morgan fingerprint density at radius 2 is 2.16 bits per heavy atom. The van der Waals surface area contributed by atoms with Crippen molar-refractivity contribution in [2.24, 2.45) is 0 Å². The zero-order chi connectivity index (χ0) is 21.8. The van der Waals surface area contributed by atoms with Gasteiger partial charge in [-0.05, 0) is 30.0 Å². The molecule has 1 aromatic heterocycles. The number of aryl methyl sites for hydroxylation is 1. The lowest BCUT2D eigenvalue weighted by Crippen LogP contribution is -2.38. The van der Waals surface area contributed by atoms with Crippen molar-refractivity contribution in [3.8, 4) is 5.75 Å². The van der Waals surface area contributed by atoms with E-state index in [1.54, 1.807) is 7.11 Å². The Labute approximate surface area is 186 Å². The van der Waals surface area contributed by atoms with E-state index in [2.05, 4.69) is 41.4 Å². The Hall–Kier alpha value is -2.45. The first-order chi connectivity index (χ1) is 15.1. The maximum atomic E-state index is 12.8. The van der Waals surface area contributed by atoms with E-state index in [0.717, 1.165) is 40.1 Å². The highest BCUT2D eigenvalue weighted by Gasteiger charge is 2.30. The summed E-state index contributed by atoms with van der Waals surface area (Å²) in [6, 6.07) is 14.3. The van der Waals surface area contributed by atoms with Crippen LogP contribution in [0.1, 0.15) is 32.5 Å². The number of morpholine rings is 1. The summed E-state index contributed by atoms with van der Waals surface area (Å²) in [5.41, 5.74) is 3.25. The number of thiophene rings is 1. The number of aliphatic hydroxyl groups is 1. The summed E-state index contributed by atoms with van der Waals surface area (Å²) < 4.78 is 12.8. The largest absolute Gasteiger partial charge is 0.496 e. The number of fused-ring (bicyclic) bond motifs is 1. The number of methoxy groups -OCH3 is 1. The van der Waals surface area contributed by atoms with Crippen LogP contribution in [-0.2, 0) is 11.3 Å². The summed E-state index contributed by atoms with van der Waals surface area (Å²) >= 11 is 1.48. The third-order valence-electron chi connectivity index (χ3n) is 5.55. The van der Waals surface area contributed by atoms with Gasteiger partial charge in [0.2, 0.25) is 0 Å². The first kappa shape index (κ1) is 21.8. The molecule has 0 unspecified atom stereocenters. The lowest BCUT2D eigenvalue weighted by Gasteiger charge is -2.33. The molecule has 0 aliphatic carbocycles. The molecule has 1 aliphatic rings. The molecule has 1 fully saturated rings. The van der Waals surface area contributed by atoms with Crippen LogP contribution >= 0.6 is 11.3 Å². The lowest BCUT2D eigenvalue weighted by molar-refractivity contribution is -0.0324. The predicted octanol–water partition coefficient (Wildman–Crippen LogP) is 3.51. The van der Waals surface area contributed by atoms with Gasteiger partial charge in [-0.3, -0.25) is 9.69 Å². The number of hydrogen-bond donors (Lipinski definition) is 2. The van der Waals surface area contributed by atoms with E-state index in [4.69, 9.17) is 14.6 Å². The van der Waals surface area contributed by atoms with E-state index in [1.165, 1.54) is 16.9 Å². The smallest absolute Gasteiger partial charge is 0.261 e. The second-order valence-electron chi connectivity index (χ2n) is 7.73. The Bertz CT molecular complexity index is 1060. The molecule has 0 spiro atoms. The summed E-state index contributed by atoms with van der Waals surface area (Å²) in [5, 5.41) is 13.0. The number of nitrogens with one attached hydrogen (secondary N) is 1. The van der Waals surface area contributed by atoms with Crippen LogP contribution < -0.4 is 10.1 Å². The quantitative estimate of drug-likeness (QED) is 0.588. The van der Waals surface area contributed by atoms with Crippen molar-refractivity contribution in [3.05, 3.63) is 64.0 Å². The third kappa shape index (κ3) is 4.75. The Morgan fingerprint density at radius 3 is 2.97 bits per heavy atom. The summed E-state index contributed by atoms with van der Waals surface area (Å²) in [7, 11) is 1.70. The number of carbonyl (C=O) groups excluding carboxylic acids is 1. The lowest BCUT2D eigenvalue weighted by atomic mass is 10.0. The Morgan fingerprint density at radius 1 is 1.32 bits per heavy atom. The molecule has 1 atom stereocenters. The monoisotopic (exact) mass is 440 g/mol.